The molecule has 136 valence electrons. The van der Waals surface area contributed by atoms with Gasteiger partial charge in [0.05, 0.1) is 19.8 Å². The summed E-state index contributed by atoms with van der Waals surface area (Å²) < 4.78 is 11.0. The number of aliphatic imine (C=N–C) groups is 1. The fourth-order valence-corrected chi connectivity index (χ4v) is 2.43. The second-order valence-corrected chi connectivity index (χ2v) is 5.96. The molecule has 1 saturated heterocycles. The van der Waals surface area contributed by atoms with Gasteiger partial charge in [-0.1, -0.05) is 13.3 Å². The molecule has 0 bridgehead atoms. The fourth-order valence-electron chi connectivity index (χ4n) is 2.43. The van der Waals surface area contributed by atoms with Gasteiger partial charge in [0.2, 0.25) is 0 Å². The number of nitrogens with one attached hydrogen (secondary N) is 2. The quantitative estimate of drug-likeness (QED) is 0.342. The van der Waals surface area contributed by atoms with Gasteiger partial charge in [0.15, 0.2) is 5.96 Å². The topological polar surface area (TPSA) is 58.1 Å². The van der Waals surface area contributed by atoms with Gasteiger partial charge >= 0.3 is 0 Å². The van der Waals surface area contributed by atoms with Crippen LogP contribution in [0.25, 0.3) is 0 Å². The highest BCUT2D eigenvalue weighted by Crippen LogP contribution is 2.03. The Labute approximate surface area is 142 Å². The van der Waals surface area contributed by atoms with Crippen molar-refractivity contribution >= 4 is 5.96 Å². The average molecular weight is 329 g/mol. The number of ether oxygens (including phenoxy) is 2. The standard InChI is InChI=1S/C17H36N4O2/c1-4-6-11-22-12-7-8-19-17(18-5-2)20-15-16(3)21-9-13-23-14-10-21/h16H,4-15H2,1-3H3,(H2,18,19,20). The molecule has 6 nitrogen and oxygen atoms in total. The highest BCUT2D eigenvalue weighted by molar-refractivity contribution is 5.79. The second-order valence-electron chi connectivity index (χ2n) is 5.96. The molecule has 0 saturated carbocycles. The van der Waals surface area contributed by atoms with Crippen molar-refractivity contribution in [2.45, 2.75) is 46.1 Å². The highest BCUT2D eigenvalue weighted by Gasteiger charge is 2.16. The normalized spacial score (nSPS) is 18.0. The first-order chi connectivity index (χ1) is 11.3. The zero-order chi connectivity index (χ0) is 16.8. The summed E-state index contributed by atoms with van der Waals surface area (Å²) in [4.78, 5) is 7.15. The van der Waals surface area contributed by atoms with E-state index in [-0.39, 0.29) is 0 Å². The highest BCUT2D eigenvalue weighted by atomic mass is 16.5. The summed E-state index contributed by atoms with van der Waals surface area (Å²) in [6, 6.07) is 0.451. The number of hydrogen-bond acceptors (Lipinski definition) is 4. The molecule has 1 rings (SSSR count). The van der Waals surface area contributed by atoms with Gasteiger partial charge in [-0.05, 0) is 26.7 Å². The van der Waals surface area contributed by atoms with Crippen molar-refractivity contribution in [2.75, 3.05) is 59.2 Å². The van der Waals surface area contributed by atoms with Gasteiger partial charge in [-0.3, -0.25) is 9.89 Å². The van der Waals surface area contributed by atoms with E-state index in [0.29, 0.717) is 6.04 Å². The summed E-state index contributed by atoms with van der Waals surface area (Å²) in [7, 11) is 0. The molecule has 1 aliphatic heterocycles. The van der Waals surface area contributed by atoms with E-state index >= 15 is 0 Å². The van der Waals surface area contributed by atoms with E-state index in [1.807, 2.05) is 0 Å². The molecule has 0 aliphatic carbocycles. The summed E-state index contributed by atoms with van der Waals surface area (Å²) in [5, 5.41) is 6.69. The molecule has 0 aromatic carbocycles. The van der Waals surface area contributed by atoms with Crippen molar-refractivity contribution in [3.63, 3.8) is 0 Å². The minimum Gasteiger partial charge on any atom is -0.381 e. The SMILES string of the molecule is CCCCOCCCNC(=NCC(C)N1CCOCC1)NCC. The van der Waals surface area contributed by atoms with Gasteiger partial charge in [-0.15, -0.1) is 0 Å². The summed E-state index contributed by atoms with van der Waals surface area (Å²) in [5.74, 6) is 0.904. The van der Waals surface area contributed by atoms with Crippen LogP contribution in [0.3, 0.4) is 0 Å². The van der Waals surface area contributed by atoms with E-state index in [1.54, 1.807) is 0 Å². The van der Waals surface area contributed by atoms with Crippen molar-refractivity contribution < 1.29 is 9.47 Å². The number of morpholine rings is 1. The maximum absolute atomic E-state index is 5.57. The van der Waals surface area contributed by atoms with Crippen LogP contribution in [0.2, 0.25) is 0 Å². The van der Waals surface area contributed by atoms with Crippen LogP contribution in [0.15, 0.2) is 4.99 Å². The Morgan fingerprint density at radius 1 is 1.17 bits per heavy atom. The monoisotopic (exact) mass is 328 g/mol. The molecule has 1 atom stereocenters. The molecule has 0 aromatic heterocycles. The third-order valence-electron chi connectivity index (χ3n) is 3.93. The molecule has 0 amide bonds. The minimum atomic E-state index is 0.451. The average Bonchev–Trinajstić information content (AvgIpc) is 2.59. The van der Waals surface area contributed by atoms with Gasteiger partial charge in [0.1, 0.15) is 0 Å². The zero-order valence-electron chi connectivity index (χ0n) is 15.3. The van der Waals surface area contributed by atoms with Gasteiger partial charge < -0.3 is 20.1 Å². The molecule has 1 unspecified atom stereocenters. The van der Waals surface area contributed by atoms with Gasteiger partial charge in [-0.25, -0.2) is 0 Å². The molecule has 0 aromatic rings. The summed E-state index contributed by atoms with van der Waals surface area (Å²) in [6.07, 6.45) is 3.35. The third-order valence-corrected chi connectivity index (χ3v) is 3.93. The predicted molar refractivity (Wildman–Crippen MR) is 96.2 cm³/mol. The lowest BCUT2D eigenvalue weighted by atomic mass is 10.2. The van der Waals surface area contributed by atoms with E-state index in [4.69, 9.17) is 14.5 Å². The number of rotatable bonds is 11. The number of hydrogen-bond donors (Lipinski definition) is 2. The van der Waals surface area contributed by atoms with E-state index in [1.165, 1.54) is 6.42 Å². The third kappa shape index (κ3) is 9.79. The Bertz CT molecular complexity index is 307. The van der Waals surface area contributed by atoms with E-state index in [0.717, 1.165) is 78.0 Å². The van der Waals surface area contributed by atoms with Crippen LogP contribution >= 0.6 is 0 Å². The fraction of sp³-hybridized carbons (Fsp3) is 0.941. The Morgan fingerprint density at radius 2 is 1.91 bits per heavy atom. The van der Waals surface area contributed by atoms with Crippen LogP contribution in [-0.2, 0) is 9.47 Å². The largest absolute Gasteiger partial charge is 0.381 e. The molecule has 0 spiro atoms. The Balaban J connectivity index is 2.20. The van der Waals surface area contributed by atoms with Crippen LogP contribution in [0.5, 0.6) is 0 Å². The zero-order valence-corrected chi connectivity index (χ0v) is 15.3. The molecule has 23 heavy (non-hydrogen) atoms. The van der Waals surface area contributed by atoms with Crippen LogP contribution < -0.4 is 10.6 Å². The lowest BCUT2D eigenvalue weighted by Crippen LogP contribution is -2.44. The van der Waals surface area contributed by atoms with E-state index < -0.39 is 0 Å². The Hall–Kier alpha value is -0.850. The maximum Gasteiger partial charge on any atom is 0.191 e. The van der Waals surface area contributed by atoms with E-state index in [2.05, 4.69) is 36.3 Å². The first kappa shape index (κ1) is 20.2. The lowest BCUT2D eigenvalue weighted by molar-refractivity contribution is 0.0220. The van der Waals surface area contributed by atoms with Crippen molar-refractivity contribution in [3.8, 4) is 0 Å². The number of guanidine groups is 1. The van der Waals surface area contributed by atoms with Gasteiger partial charge in [0.25, 0.3) is 0 Å². The summed E-state index contributed by atoms with van der Waals surface area (Å²) in [6.45, 7) is 14.5. The maximum atomic E-state index is 5.57. The molecular formula is C17H36N4O2. The summed E-state index contributed by atoms with van der Waals surface area (Å²) in [5.41, 5.74) is 0. The number of unbranched alkanes of at least 4 members (excludes halogenated alkanes) is 1. The molecule has 1 heterocycles. The predicted octanol–water partition coefficient (Wildman–Crippen LogP) is 1.47. The lowest BCUT2D eigenvalue weighted by Gasteiger charge is -2.31. The van der Waals surface area contributed by atoms with Crippen LogP contribution in [0.1, 0.15) is 40.0 Å². The number of nitrogens with zero attached hydrogens (tertiary/aromatic N) is 2. The first-order valence-electron chi connectivity index (χ1n) is 9.19. The molecule has 2 N–H and O–H groups in total. The van der Waals surface area contributed by atoms with Crippen molar-refractivity contribution in [2.24, 2.45) is 4.99 Å². The summed E-state index contributed by atoms with van der Waals surface area (Å²) >= 11 is 0. The Morgan fingerprint density at radius 3 is 2.61 bits per heavy atom. The smallest absolute Gasteiger partial charge is 0.191 e. The first-order valence-corrected chi connectivity index (χ1v) is 9.19. The van der Waals surface area contributed by atoms with Crippen LogP contribution in [-0.4, -0.2) is 76.1 Å². The molecule has 1 fully saturated rings. The van der Waals surface area contributed by atoms with Crippen molar-refractivity contribution in [1.82, 2.24) is 15.5 Å². The van der Waals surface area contributed by atoms with Crippen molar-refractivity contribution in [3.05, 3.63) is 0 Å². The minimum absolute atomic E-state index is 0.451. The van der Waals surface area contributed by atoms with Gasteiger partial charge in [0, 0.05) is 45.4 Å². The second kappa shape index (κ2) is 13.6. The molecular weight excluding hydrogens is 292 g/mol. The van der Waals surface area contributed by atoms with E-state index in [9.17, 15) is 0 Å². The molecule has 6 heteroatoms. The van der Waals surface area contributed by atoms with Crippen molar-refractivity contribution in [1.29, 1.82) is 0 Å². The van der Waals surface area contributed by atoms with Gasteiger partial charge in [-0.2, -0.15) is 0 Å². The molecule has 0 radical (unpaired) electrons. The molecule has 1 aliphatic rings. The van der Waals surface area contributed by atoms with Crippen LogP contribution in [0.4, 0.5) is 0 Å². The van der Waals surface area contributed by atoms with Crippen LogP contribution in [0, 0.1) is 0 Å². The Kier molecular flexibility index (Phi) is 11.9.